The van der Waals surface area contributed by atoms with E-state index in [2.05, 4.69) is 5.32 Å². The molecule has 1 fully saturated rings. The quantitative estimate of drug-likeness (QED) is 0.292. The molecule has 0 bridgehead atoms. The van der Waals surface area contributed by atoms with Gasteiger partial charge in [-0.1, -0.05) is 6.07 Å². The van der Waals surface area contributed by atoms with Crippen LogP contribution in [0.4, 0.5) is 10.1 Å². The Morgan fingerprint density at radius 2 is 1.98 bits per heavy atom. The molecule has 10 nitrogen and oxygen atoms in total. The van der Waals surface area contributed by atoms with Crippen LogP contribution in [0.15, 0.2) is 52.9 Å². The van der Waals surface area contributed by atoms with Crippen LogP contribution >= 0.6 is 0 Å². The molecule has 1 saturated carbocycles. The minimum absolute atomic E-state index is 0.130. The first-order valence-electron chi connectivity index (χ1n) is 13.5. The molecular weight excluding hydrogens is 563 g/mol. The number of pyridine rings is 1. The zero-order chi connectivity index (χ0) is 29.5. The fourth-order valence-corrected chi connectivity index (χ4v) is 6.20. The van der Waals surface area contributed by atoms with Gasteiger partial charge in [-0.3, -0.25) is 9.10 Å². The Morgan fingerprint density at radius 1 is 1.19 bits per heavy atom. The van der Waals surface area contributed by atoms with Crippen molar-refractivity contribution in [3.63, 3.8) is 0 Å². The van der Waals surface area contributed by atoms with E-state index in [-0.39, 0.29) is 18.4 Å². The van der Waals surface area contributed by atoms with E-state index in [0.29, 0.717) is 67.3 Å². The Kier molecular flexibility index (Phi) is 5.86. The number of fused-ring (bicyclic) bond motifs is 6. The number of furan rings is 1. The molecule has 1 amide bonds. The highest BCUT2D eigenvalue weighted by molar-refractivity contribution is 7.92. The molecule has 2 N–H and O–H groups in total. The van der Waals surface area contributed by atoms with Gasteiger partial charge in [-0.2, -0.15) is 0 Å². The van der Waals surface area contributed by atoms with Gasteiger partial charge in [-0.05, 0) is 49.2 Å². The van der Waals surface area contributed by atoms with Crippen molar-refractivity contribution in [1.82, 2.24) is 14.9 Å². The summed E-state index contributed by atoms with van der Waals surface area (Å²) in [5, 5.41) is 13.7. The standard InChI is InChI=1S/C30H27FN4O6S/c1-32-30(37)27-18-11-17(22(34(2)42(3,38)39)13-25(18)41-29(27)15-7-8-15)20-9-10-24-28(33-20)23-12-16-19(31)5-4-6-21(16)35(23)26(14-36)40-24/h4-6,9-13,15,26,36H,7-8,14H2,1-3H3,(H,32,37). The van der Waals surface area contributed by atoms with E-state index >= 15 is 0 Å². The van der Waals surface area contributed by atoms with Gasteiger partial charge in [-0.15, -0.1) is 0 Å². The second-order valence-corrected chi connectivity index (χ2v) is 12.7. The van der Waals surface area contributed by atoms with Gasteiger partial charge in [-0.25, -0.2) is 17.8 Å². The summed E-state index contributed by atoms with van der Waals surface area (Å²) in [6.07, 6.45) is 2.13. The van der Waals surface area contributed by atoms with Crippen LogP contribution in [0.25, 0.3) is 44.5 Å². The van der Waals surface area contributed by atoms with Crippen molar-refractivity contribution >= 4 is 43.5 Å². The minimum Gasteiger partial charge on any atom is -0.465 e. The average molecular weight is 591 g/mol. The SMILES string of the molecule is CNC(=O)c1c(C2CC2)oc2cc(N(C)S(C)(=O)=O)c(-c3ccc4c(n3)-c3cc5c(F)cccc5n3C(CO)O4)cc12. The molecule has 0 saturated heterocycles. The van der Waals surface area contributed by atoms with E-state index in [1.165, 1.54) is 13.1 Å². The third kappa shape index (κ3) is 3.97. The summed E-state index contributed by atoms with van der Waals surface area (Å²) in [6.45, 7) is -0.347. The van der Waals surface area contributed by atoms with Crippen LogP contribution in [0.1, 0.15) is 41.1 Å². The zero-order valence-electron chi connectivity index (χ0n) is 23.0. The number of nitrogens with zero attached hydrogens (tertiary/aromatic N) is 3. The first-order chi connectivity index (χ1) is 20.1. The van der Waals surface area contributed by atoms with Gasteiger partial charge in [0.15, 0.2) is 6.23 Å². The largest absolute Gasteiger partial charge is 0.465 e. The number of sulfonamides is 1. The second kappa shape index (κ2) is 9.30. The molecule has 12 heteroatoms. The number of aromatic nitrogens is 2. The first kappa shape index (κ1) is 26.5. The molecule has 1 unspecified atom stereocenters. The molecular formula is C30H27FN4O6S. The number of rotatable bonds is 6. The fraction of sp³-hybridized carbons (Fsp3) is 0.267. The van der Waals surface area contributed by atoms with Crippen LogP contribution in [-0.2, 0) is 10.0 Å². The number of halogens is 1. The van der Waals surface area contributed by atoms with E-state index in [4.69, 9.17) is 14.1 Å². The monoisotopic (exact) mass is 590 g/mol. The van der Waals surface area contributed by atoms with Crippen LogP contribution in [0.2, 0.25) is 0 Å². The van der Waals surface area contributed by atoms with Crippen LogP contribution in [0.5, 0.6) is 5.75 Å². The number of ether oxygens (including phenoxy) is 1. The third-order valence-electron chi connectivity index (χ3n) is 7.99. The van der Waals surface area contributed by atoms with E-state index in [0.717, 1.165) is 23.4 Å². The van der Waals surface area contributed by atoms with Crippen LogP contribution < -0.4 is 14.4 Å². The highest BCUT2D eigenvalue weighted by atomic mass is 32.2. The van der Waals surface area contributed by atoms with Crippen molar-refractivity contribution in [2.45, 2.75) is 25.0 Å². The maximum absolute atomic E-state index is 14.8. The summed E-state index contributed by atoms with van der Waals surface area (Å²) in [5.74, 6) is 0.393. The molecule has 42 heavy (non-hydrogen) atoms. The van der Waals surface area contributed by atoms with Gasteiger partial charge in [0.1, 0.15) is 28.6 Å². The van der Waals surface area contributed by atoms with E-state index < -0.39 is 22.1 Å². The van der Waals surface area contributed by atoms with Crippen LogP contribution in [0.3, 0.4) is 0 Å². The molecule has 216 valence electrons. The van der Waals surface area contributed by atoms with Gasteiger partial charge in [0.2, 0.25) is 10.0 Å². The number of carbonyl (C=O) groups is 1. The maximum atomic E-state index is 14.8. The highest BCUT2D eigenvalue weighted by Gasteiger charge is 2.35. The summed E-state index contributed by atoms with van der Waals surface area (Å²) in [5.41, 5.74) is 3.47. The van der Waals surface area contributed by atoms with E-state index in [1.807, 2.05) is 0 Å². The molecule has 2 aliphatic rings. The van der Waals surface area contributed by atoms with Gasteiger partial charge in [0, 0.05) is 42.4 Å². The van der Waals surface area contributed by atoms with Crippen molar-refractivity contribution in [3.8, 4) is 28.4 Å². The highest BCUT2D eigenvalue weighted by Crippen LogP contribution is 2.48. The molecule has 7 rings (SSSR count). The summed E-state index contributed by atoms with van der Waals surface area (Å²) in [4.78, 5) is 17.9. The molecule has 5 aromatic rings. The average Bonchev–Trinajstić information content (AvgIpc) is 3.64. The zero-order valence-corrected chi connectivity index (χ0v) is 23.8. The predicted octanol–water partition coefficient (Wildman–Crippen LogP) is 4.77. The number of hydrogen-bond donors (Lipinski definition) is 2. The smallest absolute Gasteiger partial charge is 0.255 e. The van der Waals surface area contributed by atoms with Crippen molar-refractivity contribution in [2.75, 3.05) is 31.3 Å². The molecule has 3 aromatic heterocycles. The topological polar surface area (TPSA) is 127 Å². The summed E-state index contributed by atoms with van der Waals surface area (Å²) in [7, 11) is -0.700. The lowest BCUT2D eigenvalue weighted by atomic mass is 10.0. The second-order valence-electron chi connectivity index (χ2n) is 10.7. The number of nitrogens with one attached hydrogen (secondary N) is 1. The molecule has 0 spiro atoms. The fourth-order valence-electron chi connectivity index (χ4n) is 5.69. The molecule has 2 aromatic carbocycles. The Labute approximate surface area is 240 Å². The Hall–Kier alpha value is -4.42. The predicted molar refractivity (Wildman–Crippen MR) is 156 cm³/mol. The Balaban J connectivity index is 1.49. The normalized spacial score (nSPS) is 16.3. The van der Waals surface area contributed by atoms with Crippen molar-refractivity contribution in [2.24, 2.45) is 0 Å². The van der Waals surface area contributed by atoms with Crippen molar-refractivity contribution in [3.05, 3.63) is 65.7 Å². The Bertz CT molecular complexity index is 2050. The van der Waals surface area contributed by atoms with Crippen molar-refractivity contribution < 1.29 is 31.9 Å². The molecule has 4 heterocycles. The van der Waals surface area contributed by atoms with Gasteiger partial charge < -0.3 is 24.1 Å². The molecule has 1 aliphatic carbocycles. The summed E-state index contributed by atoms with van der Waals surface area (Å²) < 4.78 is 55.3. The van der Waals surface area contributed by atoms with Gasteiger partial charge in [0.25, 0.3) is 5.91 Å². The summed E-state index contributed by atoms with van der Waals surface area (Å²) >= 11 is 0. The number of aliphatic hydroxyl groups excluding tert-OH is 1. The van der Waals surface area contributed by atoms with E-state index in [1.54, 1.807) is 54.1 Å². The number of hydrogen-bond acceptors (Lipinski definition) is 7. The lowest BCUT2D eigenvalue weighted by molar-refractivity contribution is 0.0609. The Morgan fingerprint density at radius 3 is 2.67 bits per heavy atom. The molecule has 1 atom stereocenters. The number of amides is 1. The number of carbonyl (C=O) groups excluding carboxylic acids is 1. The molecule has 1 aliphatic heterocycles. The maximum Gasteiger partial charge on any atom is 0.255 e. The van der Waals surface area contributed by atoms with E-state index in [9.17, 15) is 22.7 Å². The minimum atomic E-state index is -3.70. The first-order valence-corrected chi connectivity index (χ1v) is 15.3. The van der Waals surface area contributed by atoms with Gasteiger partial charge in [0.05, 0.1) is 41.0 Å². The number of benzene rings is 2. The van der Waals surface area contributed by atoms with Crippen LogP contribution in [-0.4, -0.2) is 55.9 Å². The number of anilines is 1. The third-order valence-corrected chi connectivity index (χ3v) is 9.18. The molecule has 0 radical (unpaired) electrons. The number of aliphatic hydroxyl groups is 1. The van der Waals surface area contributed by atoms with Crippen LogP contribution in [0, 0.1) is 5.82 Å². The van der Waals surface area contributed by atoms with Gasteiger partial charge >= 0.3 is 0 Å². The summed E-state index contributed by atoms with van der Waals surface area (Å²) in [6, 6.07) is 13.1. The lowest BCUT2D eigenvalue weighted by Gasteiger charge is -2.28. The lowest BCUT2D eigenvalue weighted by Crippen LogP contribution is -2.26. The van der Waals surface area contributed by atoms with Crippen molar-refractivity contribution in [1.29, 1.82) is 0 Å².